The number of aryl methyl sites for hydroxylation is 2. The number of para-hydroxylation sites is 1. The molecule has 7 nitrogen and oxygen atoms in total. The first kappa shape index (κ1) is 15.2. The Balaban J connectivity index is 1.91. The minimum Gasteiger partial charge on any atom is -0.362 e. The average Bonchev–Trinajstić information content (AvgIpc) is 3.03. The largest absolute Gasteiger partial charge is 0.368 e. The first-order valence-electron chi connectivity index (χ1n) is 6.94. The van der Waals surface area contributed by atoms with Gasteiger partial charge in [-0.15, -0.1) is 0 Å². The summed E-state index contributed by atoms with van der Waals surface area (Å²) in [6.07, 6.45) is 0. The van der Waals surface area contributed by atoms with Crippen LogP contribution >= 0.6 is 11.6 Å². The van der Waals surface area contributed by atoms with Crippen molar-refractivity contribution in [2.45, 2.75) is 20.4 Å². The molecular weight excluding hydrogens is 318 g/mol. The molecule has 0 atom stereocenters. The summed E-state index contributed by atoms with van der Waals surface area (Å²) in [5, 5.41) is 7.94. The molecule has 3 rings (SSSR count). The molecule has 1 N–H and O–H groups in total. The number of Topliss-reactive ketones (excluding diaryl/α,β-unsaturated/α-hetero) is 1. The van der Waals surface area contributed by atoms with Crippen LogP contribution in [0.2, 0.25) is 5.02 Å². The molecule has 2 heterocycles. The normalized spacial score (nSPS) is 10.9. The van der Waals surface area contributed by atoms with E-state index in [9.17, 15) is 9.59 Å². The van der Waals surface area contributed by atoms with E-state index < -0.39 is 5.69 Å². The van der Waals surface area contributed by atoms with Crippen LogP contribution in [-0.2, 0) is 6.54 Å². The lowest BCUT2D eigenvalue weighted by molar-refractivity contribution is 0.0965. The maximum atomic E-state index is 12.4. The summed E-state index contributed by atoms with van der Waals surface area (Å²) < 4.78 is 2.10. The van der Waals surface area contributed by atoms with Gasteiger partial charge in [-0.25, -0.2) is 4.79 Å². The Morgan fingerprint density at radius 1 is 1.26 bits per heavy atom. The molecule has 23 heavy (non-hydrogen) atoms. The maximum Gasteiger partial charge on any atom is 0.368 e. The Morgan fingerprint density at radius 3 is 2.65 bits per heavy atom. The molecule has 0 aliphatic carbocycles. The number of aromatic amines is 1. The maximum absolute atomic E-state index is 12.4. The van der Waals surface area contributed by atoms with E-state index >= 15 is 0 Å². The van der Waals surface area contributed by atoms with Gasteiger partial charge >= 0.3 is 5.69 Å². The smallest absolute Gasteiger partial charge is 0.362 e. The SMILES string of the molecule is Cc1cc(C(=O)Cn2nnn(-c3ccccc3Cl)c2=O)c(C)[nH]1. The number of nitrogens with zero attached hydrogens (tertiary/aromatic N) is 4. The number of nitrogens with one attached hydrogen (secondary N) is 1. The number of carbonyl (C=O) groups is 1. The first-order valence-corrected chi connectivity index (χ1v) is 7.32. The van der Waals surface area contributed by atoms with Gasteiger partial charge in [-0.3, -0.25) is 4.79 Å². The van der Waals surface area contributed by atoms with Crippen molar-refractivity contribution >= 4 is 17.4 Å². The van der Waals surface area contributed by atoms with E-state index in [0.717, 1.165) is 20.8 Å². The Morgan fingerprint density at radius 2 is 2.00 bits per heavy atom. The summed E-state index contributed by atoms with van der Waals surface area (Å²) >= 11 is 6.06. The van der Waals surface area contributed by atoms with E-state index in [1.54, 1.807) is 30.3 Å². The highest BCUT2D eigenvalue weighted by Gasteiger charge is 2.17. The summed E-state index contributed by atoms with van der Waals surface area (Å²) in [5.74, 6) is -0.208. The monoisotopic (exact) mass is 331 g/mol. The molecule has 0 radical (unpaired) electrons. The Bertz CT molecular complexity index is 937. The summed E-state index contributed by atoms with van der Waals surface area (Å²) in [7, 11) is 0. The minimum absolute atomic E-state index is 0.179. The molecule has 1 aromatic carbocycles. The van der Waals surface area contributed by atoms with Gasteiger partial charge in [0.25, 0.3) is 0 Å². The fourth-order valence-corrected chi connectivity index (χ4v) is 2.60. The summed E-state index contributed by atoms with van der Waals surface area (Å²) in [4.78, 5) is 27.8. The van der Waals surface area contributed by atoms with Gasteiger partial charge in [-0.2, -0.15) is 9.36 Å². The molecule has 0 aliphatic heterocycles. The number of tetrazole rings is 1. The molecule has 0 aliphatic rings. The Kier molecular flexibility index (Phi) is 3.87. The zero-order chi connectivity index (χ0) is 16.6. The van der Waals surface area contributed by atoms with E-state index in [4.69, 9.17) is 11.6 Å². The van der Waals surface area contributed by atoms with Gasteiger partial charge in [0.05, 0.1) is 10.7 Å². The average molecular weight is 332 g/mol. The number of carbonyl (C=O) groups excluding carboxylic acids is 1. The van der Waals surface area contributed by atoms with Crippen molar-refractivity contribution < 1.29 is 4.79 Å². The lowest BCUT2D eigenvalue weighted by Crippen LogP contribution is -2.27. The third-order valence-electron chi connectivity index (χ3n) is 3.46. The van der Waals surface area contributed by atoms with Gasteiger partial charge in [0.15, 0.2) is 5.78 Å². The van der Waals surface area contributed by atoms with Crippen molar-refractivity contribution in [1.82, 2.24) is 24.8 Å². The highest BCUT2D eigenvalue weighted by atomic mass is 35.5. The van der Waals surface area contributed by atoms with Crippen LogP contribution in [0.15, 0.2) is 35.1 Å². The van der Waals surface area contributed by atoms with Gasteiger partial charge in [0.2, 0.25) is 0 Å². The number of benzene rings is 1. The number of ketones is 1. The van der Waals surface area contributed by atoms with E-state index in [2.05, 4.69) is 15.4 Å². The lowest BCUT2D eigenvalue weighted by Gasteiger charge is -2.00. The molecular formula is C15H14ClN5O2. The van der Waals surface area contributed by atoms with E-state index in [0.29, 0.717) is 16.3 Å². The van der Waals surface area contributed by atoms with Crippen LogP contribution < -0.4 is 5.69 Å². The quantitative estimate of drug-likeness (QED) is 0.740. The van der Waals surface area contributed by atoms with Crippen molar-refractivity contribution in [3.63, 3.8) is 0 Å². The third-order valence-corrected chi connectivity index (χ3v) is 3.78. The van der Waals surface area contributed by atoms with Gasteiger partial charge < -0.3 is 4.98 Å². The number of hydrogen-bond donors (Lipinski definition) is 1. The van der Waals surface area contributed by atoms with Crippen LogP contribution in [0.25, 0.3) is 5.69 Å². The molecule has 0 saturated heterocycles. The second kappa shape index (κ2) is 5.85. The first-order chi connectivity index (χ1) is 11.0. The van der Waals surface area contributed by atoms with Crippen LogP contribution in [0.3, 0.4) is 0 Å². The molecule has 2 aromatic heterocycles. The number of rotatable bonds is 4. The standard InChI is InChI=1S/C15H14ClN5O2/c1-9-7-11(10(2)17-9)14(22)8-20-15(23)21(19-18-20)13-6-4-3-5-12(13)16/h3-7,17H,8H2,1-2H3. The number of H-pyrrole nitrogens is 1. The number of aromatic nitrogens is 5. The highest BCUT2D eigenvalue weighted by molar-refractivity contribution is 6.32. The van der Waals surface area contributed by atoms with Crippen molar-refractivity contribution in [1.29, 1.82) is 0 Å². The molecule has 0 saturated carbocycles. The molecule has 0 bridgehead atoms. The summed E-state index contributed by atoms with van der Waals surface area (Å²) in [6, 6.07) is 8.55. The Labute approximate surface area is 136 Å². The summed E-state index contributed by atoms with van der Waals surface area (Å²) in [5.41, 5.74) is 2.10. The molecule has 0 fully saturated rings. The molecule has 0 amide bonds. The van der Waals surface area contributed by atoms with E-state index in [1.807, 2.05) is 13.8 Å². The van der Waals surface area contributed by atoms with Crippen LogP contribution in [0.1, 0.15) is 21.7 Å². The molecule has 8 heteroatoms. The molecule has 3 aromatic rings. The van der Waals surface area contributed by atoms with Gasteiger partial charge in [-0.05, 0) is 42.5 Å². The van der Waals surface area contributed by atoms with Crippen LogP contribution in [0, 0.1) is 13.8 Å². The third kappa shape index (κ3) is 2.83. The van der Waals surface area contributed by atoms with Gasteiger partial charge in [0, 0.05) is 17.0 Å². The lowest BCUT2D eigenvalue weighted by atomic mass is 10.1. The van der Waals surface area contributed by atoms with E-state index in [-0.39, 0.29) is 12.3 Å². The molecule has 0 spiro atoms. The molecule has 0 unspecified atom stereocenters. The van der Waals surface area contributed by atoms with Crippen molar-refractivity contribution in [2.75, 3.05) is 0 Å². The fourth-order valence-electron chi connectivity index (χ4n) is 2.38. The van der Waals surface area contributed by atoms with Crippen LogP contribution in [-0.4, -0.2) is 30.6 Å². The predicted octanol–water partition coefficient (Wildman–Crippen LogP) is 1.91. The number of halogens is 1. The minimum atomic E-state index is -0.517. The summed E-state index contributed by atoms with van der Waals surface area (Å²) in [6.45, 7) is 3.49. The zero-order valence-electron chi connectivity index (χ0n) is 12.6. The second-order valence-electron chi connectivity index (χ2n) is 5.20. The predicted molar refractivity (Wildman–Crippen MR) is 85.2 cm³/mol. The van der Waals surface area contributed by atoms with Crippen LogP contribution in [0.5, 0.6) is 0 Å². The Hall–Kier alpha value is -2.67. The van der Waals surface area contributed by atoms with Crippen molar-refractivity contribution in [2.24, 2.45) is 0 Å². The molecule has 118 valence electrons. The number of hydrogen-bond acceptors (Lipinski definition) is 4. The van der Waals surface area contributed by atoms with Crippen LogP contribution in [0.4, 0.5) is 0 Å². The van der Waals surface area contributed by atoms with Gasteiger partial charge in [0.1, 0.15) is 6.54 Å². The topological polar surface area (TPSA) is 85.6 Å². The van der Waals surface area contributed by atoms with Crippen molar-refractivity contribution in [3.8, 4) is 5.69 Å². The highest BCUT2D eigenvalue weighted by Crippen LogP contribution is 2.17. The zero-order valence-corrected chi connectivity index (χ0v) is 13.3. The van der Waals surface area contributed by atoms with Crippen molar-refractivity contribution in [3.05, 3.63) is 62.8 Å². The van der Waals surface area contributed by atoms with E-state index in [1.165, 1.54) is 0 Å². The fraction of sp³-hybridized carbons (Fsp3) is 0.200. The second-order valence-corrected chi connectivity index (χ2v) is 5.60. The van der Waals surface area contributed by atoms with Gasteiger partial charge in [-0.1, -0.05) is 23.7 Å².